The molecular formula is C9H20N2. The van der Waals surface area contributed by atoms with Crippen LogP contribution in [0.25, 0.3) is 0 Å². The first-order chi connectivity index (χ1) is 5.18. The summed E-state index contributed by atoms with van der Waals surface area (Å²) in [5, 5.41) is 0. The quantitative estimate of drug-likeness (QED) is 0.470. The van der Waals surface area contributed by atoms with Crippen molar-refractivity contribution < 1.29 is 0 Å². The van der Waals surface area contributed by atoms with Gasteiger partial charge in [-0.15, -0.1) is 0 Å². The Morgan fingerprint density at radius 1 is 1.45 bits per heavy atom. The second-order valence-corrected chi connectivity index (χ2v) is 3.11. The Hall–Kier alpha value is -0.500. The van der Waals surface area contributed by atoms with Crippen LogP contribution in [0.4, 0.5) is 0 Å². The van der Waals surface area contributed by atoms with Crippen LogP contribution < -0.4 is 10.9 Å². The lowest BCUT2D eigenvalue weighted by Crippen LogP contribution is -2.27. The molecule has 0 aliphatic carbocycles. The fourth-order valence-electron chi connectivity index (χ4n) is 0.529. The van der Waals surface area contributed by atoms with Crippen LogP contribution in [-0.2, 0) is 0 Å². The predicted octanol–water partition coefficient (Wildman–Crippen LogP) is 2.05. The number of hydrogen-bond acceptors (Lipinski definition) is 2. The van der Waals surface area contributed by atoms with E-state index in [4.69, 9.17) is 0 Å². The molecule has 0 saturated heterocycles. The average Bonchev–Trinajstić information content (AvgIpc) is 1.97. The SMILES string of the molecule is CCCNN/C=C(\C)C(C)C. The zero-order valence-corrected chi connectivity index (χ0v) is 8.07. The highest BCUT2D eigenvalue weighted by atomic mass is 15.3. The van der Waals surface area contributed by atoms with Crippen molar-refractivity contribution in [1.29, 1.82) is 0 Å². The average molecular weight is 156 g/mol. The van der Waals surface area contributed by atoms with E-state index in [2.05, 4.69) is 38.5 Å². The first-order valence-corrected chi connectivity index (χ1v) is 4.33. The molecule has 0 aromatic carbocycles. The molecule has 0 atom stereocenters. The monoisotopic (exact) mass is 156 g/mol. The molecule has 2 heteroatoms. The molecule has 2 N–H and O–H groups in total. The van der Waals surface area contributed by atoms with Gasteiger partial charge in [-0.1, -0.05) is 26.3 Å². The second kappa shape index (κ2) is 6.23. The Bertz CT molecular complexity index is 117. The summed E-state index contributed by atoms with van der Waals surface area (Å²) in [7, 11) is 0. The lowest BCUT2D eigenvalue weighted by molar-refractivity contribution is 0.606. The Kier molecular flexibility index (Phi) is 5.94. The normalized spacial score (nSPS) is 12.3. The van der Waals surface area contributed by atoms with Crippen molar-refractivity contribution >= 4 is 0 Å². The summed E-state index contributed by atoms with van der Waals surface area (Å²) in [6.45, 7) is 9.67. The molecule has 0 heterocycles. The maximum absolute atomic E-state index is 3.09. The molecule has 0 unspecified atom stereocenters. The fourth-order valence-corrected chi connectivity index (χ4v) is 0.529. The summed E-state index contributed by atoms with van der Waals surface area (Å²) in [5.74, 6) is 0.630. The zero-order valence-electron chi connectivity index (χ0n) is 8.07. The molecule has 0 saturated carbocycles. The third-order valence-electron chi connectivity index (χ3n) is 1.69. The lowest BCUT2D eigenvalue weighted by Gasteiger charge is -2.06. The molecule has 11 heavy (non-hydrogen) atoms. The van der Waals surface area contributed by atoms with Crippen LogP contribution in [0.2, 0.25) is 0 Å². The zero-order chi connectivity index (χ0) is 8.69. The van der Waals surface area contributed by atoms with Crippen LogP contribution in [-0.4, -0.2) is 6.54 Å². The minimum absolute atomic E-state index is 0.630. The van der Waals surface area contributed by atoms with Gasteiger partial charge in [0.15, 0.2) is 0 Å². The van der Waals surface area contributed by atoms with Crippen molar-refractivity contribution in [3.05, 3.63) is 11.8 Å². The molecule has 0 aliphatic heterocycles. The van der Waals surface area contributed by atoms with Gasteiger partial charge in [-0.3, -0.25) is 0 Å². The third kappa shape index (κ3) is 5.92. The van der Waals surface area contributed by atoms with Crippen molar-refractivity contribution in [1.82, 2.24) is 10.9 Å². The van der Waals surface area contributed by atoms with Crippen LogP contribution in [0.3, 0.4) is 0 Å². The van der Waals surface area contributed by atoms with E-state index in [0.29, 0.717) is 5.92 Å². The summed E-state index contributed by atoms with van der Waals surface area (Å²) in [6.07, 6.45) is 3.18. The minimum atomic E-state index is 0.630. The molecule has 66 valence electrons. The van der Waals surface area contributed by atoms with Crippen LogP contribution in [0.15, 0.2) is 11.8 Å². The molecule has 0 aromatic heterocycles. The highest BCUT2D eigenvalue weighted by molar-refractivity contribution is 4.98. The summed E-state index contributed by atoms with van der Waals surface area (Å²) in [5.41, 5.74) is 7.52. The van der Waals surface area contributed by atoms with Gasteiger partial charge in [0.1, 0.15) is 0 Å². The predicted molar refractivity (Wildman–Crippen MR) is 50.0 cm³/mol. The van der Waals surface area contributed by atoms with E-state index < -0.39 is 0 Å². The van der Waals surface area contributed by atoms with Gasteiger partial charge in [0.05, 0.1) is 0 Å². The standard InChI is InChI=1S/C9H20N2/c1-5-6-10-11-7-9(4)8(2)3/h7-8,10-11H,5-6H2,1-4H3/b9-7+. The number of hydrogen-bond donors (Lipinski definition) is 2. The topological polar surface area (TPSA) is 24.1 Å². The minimum Gasteiger partial charge on any atom is -0.329 e. The van der Waals surface area contributed by atoms with Crippen molar-refractivity contribution in [2.75, 3.05) is 6.54 Å². The maximum Gasteiger partial charge on any atom is 0.0145 e. The molecule has 0 fully saturated rings. The van der Waals surface area contributed by atoms with E-state index in [0.717, 1.165) is 13.0 Å². The Morgan fingerprint density at radius 3 is 2.55 bits per heavy atom. The van der Waals surface area contributed by atoms with E-state index in [9.17, 15) is 0 Å². The highest BCUT2D eigenvalue weighted by Gasteiger charge is 1.93. The molecule has 0 spiro atoms. The summed E-state index contributed by atoms with van der Waals surface area (Å²) < 4.78 is 0. The van der Waals surface area contributed by atoms with E-state index in [1.165, 1.54) is 5.57 Å². The maximum atomic E-state index is 3.09. The molecule has 0 bridgehead atoms. The number of hydrazine groups is 1. The van der Waals surface area contributed by atoms with Gasteiger partial charge in [-0.25, -0.2) is 5.43 Å². The fraction of sp³-hybridized carbons (Fsp3) is 0.778. The summed E-state index contributed by atoms with van der Waals surface area (Å²) in [6, 6.07) is 0. The Morgan fingerprint density at radius 2 is 2.09 bits per heavy atom. The van der Waals surface area contributed by atoms with Crippen molar-refractivity contribution in [2.24, 2.45) is 5.92 Å². The van der Waals surface area contributed by atoms with Crippen molar-refractivity contribution in [2.45, 2.75) is 34.1 Å². The van der Waals surface area contributed by atoms with Gasteiger partial charge in [-0.05, 0) is 19.3 Å². The Balaban J connectivity index is 3.40. The first-order valence-electron chi connectivity index (χ1n) is 4.33. The highest BCUT2D eigenvalue weighted by Crippen LogP contribution is 2.04. The summed E-state index contributed by atoms with van der Waals surface area (Å²) in [4.78, 5) is 0. The van der Waals surface area contributed by atoms with Crippen LogP contribution in [0.5, 0.6) is 0 Å². The molecular weight excluding hydrogens is 136 g/mol. The number of nitrogens with one attached hydrogen (secondary N) is 2. The molecule has 0 rings (SSSR count). The molecule has 2 nitrogen and oxygen atoms in total. The van der Waals surface area contributed by atoms with Gasteiger partial charge in [-0.2, -0.15) is 0 Å². The summed E-state index contributed by atoms with van der Waals surface area (Å²) >= 11 is 0. The molecule has 0 aliphatic rings. The van der Waals surface area contributed by atoms with Crippen molar-refractivity contribution in [3.8, 4) is 0 Å². The van der Waals surface area contributed by atoms with Gasteiger partial charge in [0, 0.05) is 12.7 Å². The van der Waals surface area contributed by atoms with E-state index in [1.54, 1.807) is 0 Å². The van der Waals surface area contributed by atoms with Crippen LogP contribution in [0, 0.1) is 5.92 Å². The van der Waals surface area contributed by atoms with Gasteiger partial charge < -0.3 is 5.43 Å². The van der Waals surface area contributed by atoms with E-state index in [1.807, 2.05) is 6.20 Å². The second-order valence-electron chi connectivity index (χ2n) is 3.11. The van der Waals surface area contributed by atoms with Gasteiger partial charge in [0.25, 0.3) is 0 Å². The molecule has 0 amide bonds. The van der Waals surface area contributed by atoms with E-state index in [-0.39, 0.29) is 0 Å². The Labute approximate surface area is 70.0 Å². The van der Waals surface area contributed by atoms with Crippen LogP contribution in [0.1, 0.15) is 34.1 Å². The largest absolute Gasteiger partial charge is 0.329 e. The van der Waals surface area contributed by atoms with Crippen LogP contribution >= 0.6 is 0 Å². The lowest BCUT2D eigenvalue weighted by atomic mass is 10.1. The third-order valence-corrected chi connectivity index (χ3v) is 1.69. The molecule has 0 radical (unpaired) electrons. The van der Waals surface area contributed by atoms with Gasteiger partial charge >= 0.3 is 0 Å². The van der Waals surface area contributed by atoms with Crippen molar-refractivity contribution in [3.63, 3.8) is 0 Å². The number of rotatable bonds is 5. The smallest absolute Gasteiger partial charge is 0.0145 e. The molecule has 0 aromatic rings. The first kappa shape index (κ1) is 10.5. The van der Waals surface area contributed by atoms with E-state index >= 15 is 0 Å². The number of allylic oxidation sites excluding steroid dienone is 1. The van der Waals surface area contributed by atoms with Gasteiger partial charge in [0.2, 0.25) is 0 Å².